The molecule has 0 saturated heterocycles. The lowest BCUT2D eigenvalue weighted by molar-refractivity contribution is 0.656. The molecule has 7 heteroatoms. The number of imidazole rings is 1. The first kappa shape index (κ1) is 17.7. The summed E-state index contributed by atoms with van der Waals surface area (Å²) >= 11 is 0. The van der Waals surface area contributed by atoms with Crippen LogP contribution in [0.5, 0.6) is 0 Å². The number of hydrogen-bond donors (Lipinski definition) is 2. The highest BCUT2D eigenvalue weighted by Gasteiger charge is 2.18. The fourth-order valence-electron chi connectivity index (χ4n) is 3.30. The topological polar surface area (TPSA) is 109 Å². The maximum atomic E-state index is 5.70. The molecule has 0 bridgehead atoms. The molecule has 4 N–H and O–H groups in total. The zero-order valence-corrected chi connectivity index (χ0v) is 15.6. The molecule has 4 rings (SSSR count). The van der Waals surface area contributed by atoms with Crippen molar-refractivity contribution in [2.75, 3.05) is 11.5 Å². The molecule has 4 aromatic rings. The molecule has 0 spiro atoms. The van der Waals surface area contributed by atoms with Crippen LogP contribution in [0.1, 0.15) is 11.6 Å². The van der Waals surface area contributed by atoms with Gasteiger partial charge in [0.1, 0.15) is 11.6 Å². The van der Waals surface area contributed by atoms with Crippen molar-refractivity contribution in [2.45, 2.75) is 19.9 Å². The summed E-state index contributed by atoms with van der Waals surface area (Å²) in [6, 6.07) is 20.5. The van der Waals surface area contributed by atoms with Gasteiger partial charge in [-0.15, -0.1) is 0 Å². The second-order valence-electron chi connectivity index (χ2n) is 6.46. The number of anilines is 2. The van der Waals surface area contributed by atoms with Gasteiger partial charge in [-0.1, -0.05) is 60.7 Å². The van der Waals surface area contributed by atoms with Gasteiger partial charge in [0.25, 0.3) is 0 Å². The Labute approximate surface area is 163 Å². The minimum Gasteiger partial charge on any atom is -0.368 e. The maximum absolute atomic E-state index is 5.70. The molecule has 28 heavy (non-hydrogen) atoms. The zero-order valence-electron chi connectivity index (χ0n) is 15.6. The summed E-state index contributed by atoms with van der Waals surface area (Å²) < 4.78 is 2.19. The number of aryl methyl sites for hydroxylation is 2. The molecule has 2 heterocycles. The first-order valence-electron chi connectivity index (χ1n) is 9.05. The molecule has 0 saturated carbocycles. The van der Waals surface area contributed by atoms with Gasteiger partial charge in [0.05, 0.1) is 11.4 Å². The van der Waals surface area contributed by atoms with Gasteiger partial charge < -0.3 is 16.0 Å². The van der Waals surface area contributed by atoms with Crippen LogP contribution < -0.4 is 11.5 Å². The fraction of sp³-hybridized carbons (Fsp3) is 0.143. The Morgan fingerprint density at radius 2 is 1.32 bits per heavy atom. The van der Waals surface area contributed by atoms with Gasteiger partial charge in [-0.25, -0.2) is 4.98 Å². The third kappa shape index (κ3) is 3.55. The molecule has 0 radical (unpaired) electrons. The number of benzene rings is 2. The number of nitrogens with zero attached hydrogens (tertiary/aromatic N) is 5. The summed E-state index contributed by atoms with van der Waals surface area (Å²) in [6.45, 7) is 2.66. The van der Waals surface area contributed by atoms with E-state index in [1.165, 1.54) is 0 Å². The zero-order chi connectivity index (χ0) is 19.5. The van der Waals surface area contributed by atoms with E-state index in [0.717, 1.165) is 28.3 Å². The van der Waals surface area contributed by atoms with Gasteiger partial charge >= 0.3 is 0 Å². The SMILES string of the molecule is Cc1nc(-c2ccccc2)c(-c2ccccc2)n1CCc1nc(N)nc(N)n1. The van der Waals surface area contributed by atoms with E-state index in [-0.39, 0.29) is 11.9 Å². The molecule has 140 valence electrons. The lowest BCUT2D eigenvalue weighted by Crippen LogP contribution is -2.11. The maximum Gasteiger partial charge on any atom is 0.225 e. The number of hydrogen-bond acceptors (Lipinski definition) is 6. The predicted octanol–water partition coefficient (Wildman–Crippen LogP) is 3.12. The first-order valence-corrected chi connectivity index (χ1v) is 9.05. The first-order chi connectivity index (χ1) is 13.6. The van der Waals surface area contributed by atoms with Crippen LogP contribution in [-0.2, 0) is 13.0 Å². The molecule has 7 nitrogen and oxygen atoms in total. The third-order valence-electron chi connectivity index (χ3n) is 4.53. The summed E-state index contributed by atoms with van der Waals surface area (Å²) in [5, 5.41) is 0. The average molecular weight is 371 g/mol. The van der Waals surface area contributed by atoms with Crippen LogP contribution in [-0.4, -0.2) is 24.5 Å². The van der Waals surface area contributed by atoms with Crippen LogP contribution in [0.4, 0.5) is 11.9 Å². The molecule has 2 aromatic carbocycles. The minimum absolute atomic E-state index is 0.137. The standard InChI is InChI=1S/C21H21N7/c1-14-24-18(15-8-4-2-5-9-15)19(16-10-6-3-7-11-16)28(14)13-12-17-25-20(22)27-21(23)26-17/h2-11H,12-13H2,1H3,(H4,22,23,25,26,27). The van der Waals surface area contributed by atoms with Crippen molar-refractivity contribution in [3.05, 3.63) is 72.3 Å². The number of aromatic nitrogens is 5. The van der Waals surface area contributed by atoms with Crippen molar-refractivity contribution in [3.63, 3.8) is 0 Å². The summed E-state index contributed by atoms with van der Waals surface area (Å²) in [6.07, 6.45) is 0.572. The van der Waals surface area contributed by atoms with E-state index in [9.17, 15) is 0 Å². The molecule has 0 aliphatic heterocycles. The molecular weight excluding hydrogens is 350 g/mol. The third-order valence-corrected chi connectivity index (χ3v) is 4.53. The smallest absolute Gasteiger partial charge is 0.225 e. The predicted molar refractivity (Wildman–Crippen MR) is 110 cm³/mol. The van der Waals surface area contributed by atoms with E-state index >= 15 is 0 Å². The average Bonchev–Trinajstić information content (AvgIpc) is 3.03. The Bertz CT molecular complexity index is 1070. The minimum atomic E-state index is 0.137. The van der Waals surface area contributed by atoms with E-state index < -0.39 is 0 Å². The van der Waals surface area contributed by atoms with Crippen molar-refractivity contribution in [1.82, 2.24) is 24.5 Å². The van der Waals surface area contributed by atoms with Gasteiger partial charge in [-0.3, -0.25) is 0 Å². The van der Waals surface area contributed by atoms with Crippen molar-refractivity contribution in [1.29, 1.82) is 0 Å². The molecule has 0 aliphatic rings. The number of nitrogen functional groups attached to an aromatic ring is 2. The highest BCUT2D eigenvalue weighted by Crippen LogP contribution is 2.32. The second kappa shape index (κ2) is 7.48. The van der Waals surface area contributed by atoms with E-state index in [4.69, 9.17) is 16.5 Å². The van der Waals surface area contributed by atoms with E-state index in [1.54, 1.807) is 0 Å². The normalized spacial score (nSPS) is 10.9. The quantitative estimate of drug-likeness (QED) is 0.558. The lowest BCUT2D eigenvalue weighted by Gasteiger charge is -2.12. The van der Waals surface area contributed by atoms with Gasteiger partial charge in [0.2, 0.25) is 11.9 Å². The van der Waals surface area contributed by atoms with Gasteiger partial charge in [0, 0.05) is 24.1 Å². The van der Waals surface area contributed by atoms with E-state index in [0.29, 0.717) is 18.8 Å². The monoisotopic (exact) mass is 371 g/mol. The number of rotatable bonds is 5. The Balaban J connectivity index is 1.77. The van der Waals surface area contributed by atoms with Gasteiger partial charge in [-0.2, -0.15) is 15.0 Å². The van der Waals surface area contributed by atoms with Crippen molar-refractivity contribution >= 4 is 11.9 Å². The fourth-order valence-corrected chi connectivity index (χ4v) is 3.30. The van der Waals surface area contributed by atoms with Crippen molar-refractivity contribution < 1.29 is 0 Å². The molecule has 0 amide bonds. The van der Waals surface area contributed by atoms with Gasteiger partial charge in [0.15, 0.2) is 0 Å². The van der Waals surface area contributed by atoms with Crippen LogP contribution in [0, 0.1) is 6.92 Å². The van der Waals surface area contributed by atoms with Crippen molar-refractivity contribution in [3.8, 4) is 22.5 Å². The van der Waals surface area contributed by atoms with Crippen LogP contribution in [0.3, 0.4) is 0 Å². The Hall–Kier alpha value is -3.74. The Morgan fingerprint density at radius 3 is 1.93 bits per heavy atom. The molecule has 0 fully saturated rings. The molecular formula is C21H21N7. The van der Waals surface area contributed by atoms with Crippen molar-refractivity contribution in [2.24, 2.45) is 0 Å². The summed E-state index contributed by atoms with van der Waals surface area (Å²) in [7, 11) is 0. The lowest BCUT2D eigenvalue weighted by atomic mass is 10.0. The molecule has 0 unspecified atom stereocenters. The highest BCUT2D eigenvalue weighted by atomic mass is 15.1. The molecule has 2 aromatic heterocycles. The molecule has 0 aliphatic carbocycles. The summed E-state index contributed by atoms with van der Waals surface area (Å²) in [5.74, 6) is 1.77. The van der Waals surface area contributed by atoms with Crippen LogP contribution in [0.15, 0.2) is 60.7 Å². The van der Waals surface area contributed by atoms with Crippen LogP contribution in [0.2, 0.25) is 0 Å². The largest absolute Gasteiger partial charge is 0.368 e. The highest BCUT2D eigenvalue weighted by molar-refractivity contribution is 5.79. The number of nitrogens with two attached hydrogens (primary N) is 2. The van der Waals surface area contributed by atoms with E-state index in [2.05, 4.69) is 43.8 Å². The van der Waals surface area contributed by atoms with Crippen LogP contribution in [0.25, 0.3) is 22.5 Å². The Morgan fingerprint density at radius 1 is 0.750 bits per heavy atom. The molecule has 0 atom stereocenters. The Kier molecular flexibility index (Phi) is 4.72. The van der Waals surface area contributed by atoms with Crippen LogP contribution >= 0.6 is 0 Å². The summed E-state index contributed by atoms with van der Waals surface area (Å²) in [5.41, 5.74) is 15.6. The second-order valence-corrected chi connectivity index (χ2v) is 6.46. The summed E-state index contributed by atoms with van der Waals surface area (Å²) in [4.78, 5) is 17.1. The van der Waals surface area contributed by atoms with Gasteiger partial charge in [-0.05, 0) is 6.92 Å². The van der Waals surface area contributed by atoms with E-state index in [1.807, 2.05) is 43.3 Å².